The molecule has 2 aliphatic rings. The Morgan fingerprint density at radius 1 is 1.30 bits per heavy atom. The molecule has 0 bridgehead atoms. The number of methoxy groups -OCH3 is 1. The third-order valence-corrected chi connectivity index (χ3v) is 8.57. The van der Waals surface area contributed by atoms with Gasteiger partial charge >= 0.3 is 0 Å². The molecule has 5 heteroatoms. The molecule has 0 saturated heterocycles. The SMILES string of the molecule is COc1c(C(C)C)ccc2c1CC[C@H]1C(=O)C(=C(SC)SC)CC[C@]21CO. The fraction of sp³-hybridized carbons (Fsp3) is 0.591. The van der Waals surface area contributed by atoms with Gasteiger partial charge in [0.2, 0.25) is 0 Å². The molecule has 2 atom stereocenters. The van der Waals surface area contributed by atoms with E-state index in [0.29, 0.717) is 5.92 Å². The van der Waals surface area contributed by atoms with Crippen LogP contribution in [0.3, 0.4) is 0 Å². The number of allylic oxidation sites excluding steroid dienone is 1. The normalized spacial score (nSPS) is 24.6. The average Bonchev–Trinajstić information content (AvgIpc) is 2.68. The molecule has 3 rings (SSSR count). The first-order valence-corrected chi connectivity index (χ1v) is 12.1. The average molecular weight is 407 g/mol. The van der Waals surface area contributed by atoms with Crippen LogP contribution in [-0.4, -0.2) is 37.1 Å². The van der Waals surface area contributed by atoms with E-state index < -0.39 is 5.41 Å². The molecular formula is C22H30O3S2. The van der Waals surface area contributed by atoms with Gasteiger partial charge in [-0.2, -0.15) is 0 Å². The summed E-state index contributed by atoms with van der Waals surface area (Å²) < 4.78 is 6.94. The van der Waals surface area contributed by atoms with Crippen LogP contribution in [0.15, 0.2) is 21.9 Å². The summed E-state index contributed by atoms with van der Waals surface area (Å²) in [4.78, 5) is 13.4. The Balaban J connectivity index is 2.13. The summed E-state index contributed by atoms with van der Waals surface area (Å²) in [6, 6.07) is 4.29. The number of rotatable bonds is 5. The molecule has 1 fully saturated rings. The minimum Gasteiger partial charge on any atom is -0.496 e. The lowest BCUT2D eigenvalue weighted by atomic mass is 9.56. The number of fused-ring (bicyclic) bond motifs is 3. The fourth-order valence-electron chi connectivity index (χ4n) is 4.99. The minimum absolute atomic E-state index is 0.0156. The highest BCUT2D eigenvalue weighted by molar-refractivity contribution is 8.21. The van der Waals surface area contributed by atoms with Crippen molar-refractivity contribution in [2.45, 2.75) is 50.9 Å². The molecule has 1 saturated carbocycles. The highest BCUT2D eigenvalue weighted by Gasteiger charge is 2.51. The number of Topliss-reactive ketones (excluding diaryl/α,β-unsaturated/α-hetero) is 1. The van der Waals surface area contributed by atoms with Crippen molar-refractivity contribution in [3.63, 3.8) is 0 Å². The van der Waals surface area contributed by atoms with Crippen LogP contribution in [0, 0.1) is 5.92 Å². The highest BCUT2D eigenvalue weighted by Crippen LogP contribution is 2.53. The molecule has 0 aromatic heterocycles. The van der Waals surface area contributed by atoms with Gasteiger partial charge in [0.25, 0.3) is 0 Å². The number of thioether (sulfide) groups is 2. The molecule has 148 valence electrons. The van der Waals surface area contributed by atoms with Crippen LogP contribution in [0.2, 0.25) is 0 Å². The van der Waals surface area contributed by atoms with Crippen molar-refractivity contribution in [2.75, 3.05) is 26.2 Å². The standard InChI is InChI=1S/C22H30O3S2/c1-13(2)14-6-8-17-15(20(14)25-3)7-9-18-19(24)16(21(26-4)27-5)10-11-22(17,18)12-23/h6,8,13,18,23H,7,9-12H2,1-5H3/t18-,22-/m0/s1. The van der Waals surface area contributed by atoms with Crippen molar-refractivity contribution in [3.05, 3.63) is 38.6 Å². The maximum atomic E-state index is 13.4. The van der Waals surface area contributed by atoms with Crippen molar-refractivity contribution in [2.24, 2.45) is 5.92 Å². The van der Waals surface area contributed by atoms with E-state index in [1.54, 1.807) is 30.6 Å². The van der Waals surface area contributed by atoms with Crippen LogP contribution in [0.1, 0.15) is 55.7 Å². The predicted molar refractivity (Wildman–Crippen MR) is 116 cm³/mol. The Kier molecular flexibility index (Phi) is 6.34. The minimum atomic E-state index is -0.473. The fourth-order valence-corrected chi connectivity index (χ4v) is 6.55. The van der Waals surface area contributed by atoms with E-state index in [1.165, 1.54) is 11.1 Å². The van der Waals surface area contributed by atoms with E-state index in [-0.39, 0.29) is 18.3 Å². The first kappa shape index (κ1) is 20.8. The van der Waals surface area contributed by atoms with Gasteiger partial charge < -0.3 is 9.84 Å². The Labute approximate surface area is 171 Å². The quantitative estimate of drug-likeness (QED) is 0.704. The van der Waals surface area contributed by atoms with Crippen molar-refractivity contribution in [1.29, 1.82) is 0 Å². The monoisotopic (exact) mass is 406 g/mol. The number of aliphatic hydroxyl groups excluding tert-OH is 1. The van der Waals surface area contributed by atoms with Crippen molar-refractivity contribution in [1.82, 2.24) is 0 Å². The summed E-state index contributed by atoms with van der Waals surface area (Å²) in [6.45, 7) is 4.36. The molecule has 0 amide bonds. The van der Waals surface area contributed by atoms with Gasteiger partial charge in [-0.25, -0.2) is 0 Å². The van der Waals surface area contributed by atoms with Gasteiger partial charge in [0.05, 0.1) is 13.7 Å². The third-order valence-electron chi connectivity index (χ3n) is 6.34. The van der Waals surface area contributed by atoms with Gasteiger partial charge in [0, 0.05) is 21.1 Å². The van der Waals surface area contributed by atoms with Crippen LogP contribution in [-0.2, 0) is 16.6 Å². The Morgan fingerprint density at radius 3 is 2.56 bits per heavy atom. The number of carbonyl (C=O) groups is 1. The van der Waals surface area contributed by atoms with Gasteiger partial charge in [0.15, 0.2) is 5.78 Å². The van der Waals surface area contributed by atoms with E-state index in [2.05, 4.69) is 26.0 Å². The Bertz CT molecular complexity index is 763. The van der Waals surface area contributed by atoms with Crippen LogP contribution in [0.5, 0.6) is 5.75 Å². The zero-order chi connectivity index (χ0) is 19.8. The van der Waals surface area contributed by atoms with E-state index in [0.717, 1.165) is 46.8 Å². The van der Waals surface area contributed by atoms with Gasteiger partial charge in [-0.15, -0.1) is 23.5 Å². The molecule has 3 nitrogen and oxygen atoms in total. The first-order chi connectivity index (χ1) is 12.9. The van der Waals surface area contributed by atoms with E-state index in [4.69, 9.17) is 4.74 Å². The van der Waals surface area contributed by atoms with Gasteiger partial charge in [-0.1, -0.05) is 26.0 Å². The zero-order valence-corrected chi connectivity index (χ0v) is 18.6. The zero-order valence-electron chi connectivity index (χ0n) is 16.9. The Hall–Kier alpha value is -0.910. The van der Waals surface area contributed by atoms with Crippen LogP contribution in [0.4, 0.5) is 0 Å². The Morgan fingerprint density at radius 2 is 2.00 bits per heavy atom. The molecule has 1 aromatic carbocycles. The number of carbonyl (C=O) groups excluding carboxylic acids is 1. The molecule has 0 heterocycles. The lowest BCUT2D eigenvalue weighted by Crippen LogP contribution is -2.50. The summed E-state index contributed by atoms with van der Waals surface area (Å²) in [7, 11) is 1.73. The van der Waals surface area contributed by atoms with Gasteiger partial charge in [0.1, 0.15) is 5.75 Å². The largest absolute Gasteiger partial charge is 0.496 e. The number of hydrogen-bond acceptors (Lipinski definition) is 5. The summed E-state index contributed by atoms with van der Waals surface area (Å²) in [6.07, 6.45) is 7.24. The van der Waals surface area contributed by atoms with Crippen LogP contribution >= 0.6 is 23.5 Å². The molecule has 0 radical (unpaired) electrons. The molecule has 1 aromatic rings. The highest BCUT2D eigenvalue weighted by atomic mass is 32.2. The maximum absolute atomic E-state index is 13.4. The van der Waals surface area contributed by atoms with Crippen molar-refractivity contribution < 1.29 is 14.6 Å². The van der Waals surface area contributed by atoms with Crippen LogP contribution < -0.4 is 4.74 Å². The summed E-state index contributed by atoms with van der Waals surface area (Å²) in [5.74, 6) is 1.44. The van der Waals surface area contributed by atoms with Gasteiger partial charge in [-0.05, 0) is 60.8 Å². The summed E-state index contributed by atoms with van der Waals surface area (Å²) >= 11 is 3.32. The first-order valence-electron chi connectivity index (χ1n) is 9.61. The second-order valence-electron chi connectivity index (χ2n) is 7.81. The molecule has 0 spiro atoms. The van der Waals surface area contributed by atoms with Crippen molar-refractivity contribution >= 4 is 29.3 Å². The number of benzene rings is 1. The predicted octanol–water partition coefficient (Wildman–Crippen LogP) is 4.91. The second kappa shape index (κ2) is 8.22. The topological polar surface area (TPSA) is 46.5 Å². The van der Waals surface area contributed by atoms with Crippen molar-refractivity contribution in [3.8, 4) is 5.75 Å². The lowest BCUT2D eigenvalue weighted by Gasteiger charge is -2.48. The number of ether oxygens (including phenoxy) is 1. The van der Waals surface area contributed by atoms with Crippen LogP contribution in [0.25, 0.3) is 0 Å². The third kappa shape index (κ3) is 3.26. The molecule has 0 unspecified atom stereocenters. The maximum Gasteiger partial charge on any atom is 0.164 e. The molecular weight excluding hydrogens is 376 g/mol. The summed E-state index contributed by atoms with van der Waals surface area (Å²) in [5.41, 5.74) is 4.03. The number of hydrogen-bond donors (Lipinski definition) is 1. The smallest absolute Gasteiger partial charge is 0.164 e. The molecule has 2 aliphatic carbocycles. The lowest BCUT2D eigenvalue weighted by molar-refractivity contribution is -0.125. The van der Waals surface area contributed by atoms with E-state index in [9.17, 15) is 9.90 Å². The van der Waals surface area contributed by atoms with Gasteiger partial charge in [-0.3, -0.25) is 4.79 Å². The molecule has 0 aliphatic heterocycles. The number of aliphatic hydroxyl groups is 1. The molecule has 27 heavy (non-hydrogen) atoms. The molecule has 1 N–H and O–H groups in total. The number of ketones is 1. The van der Waals surface area contributed by atoms with E-state index >= 15 is 0 Å². The van der Waals surface area contributed by atoms with E-state index in [1.807, 2.05) is 12.5 Å². The second-order valence-corrected chi connectivity index (χ2v) is 9.70. The summed E-state index contributed by atoms with van der Waals surface area (Å²) in [5, 5.41) is 10.5.